The van der Waals surface area contributed by atoms with Gasteiger partial charge in [0.25, 0.3) is 0 Å². The van der Waals surface area contributed by atoms with Gasteiger partial charge in [-0.3, -0.25) is 9.59 Å². The van der Waals surface area contributed by atoms with Gasteiger partial charge >= 0.3 is 0 Å². The van der Waals surface area contributed by atoms with Crippen LogP contribution in [0.25, 0.3) is 0 Å². The lowest BCUT2D eigenvalue weighted by molar-refractivity contribution is -0.116. The molecule has 0 bridgehead atoms. The molecule has 0 saturated heterocycles. The van der Waals surface area contributed by atoms with Gasteiger partial charge in [-0.15, -0.1) is 11.8 Å². The highest BCUT2D eigenvalue weighted by atomic mass is 32.2. The Morgan fingerprint density at radius 1 is 1.22 bits per heavy atom. The van der Waals surface area contributed by atoms with Gasteiger partial charge < -0.3 is 10.6 Å². The summed E-state index contributed by atoms with van der Waals surface area (Å²) >= 11 is 1.37. The first kappa shape index (κ1) is 19.4. The molecule has 142 valence electrons. The lowest BCUT2D eigenvalue weighted by atomic mass is 10.1. The number of carbonyl (C=O) groups is 2. The van der Waals surface area contributed by atoms with E-state index in [0.717, 1.165) is 16.9 Å². The fraction of sp³-hybridized carbons (Fsp3) is 0.263. The number of sulfone groups is 1. The Morgan fingerprint density at radius 2 is 2.04 bits per heavy atom. The number of hydrogen-bond donors (Lipinski definition) is 2. The van der Waals surface area contributed by atoms with Gasteiger partial charge in [0, 0.05) is 17.0 Å². The van der Waals surface area contributed by atoms with E-state index in [1.807, 2.05) is 25.1 Å². The molecule has 1 aliphatic heterocycles. The molecule has 0 unspecified atom stereocenters. The minimum atomic E-state index is -3.63. The van der Waals surface area contributed by atoms with E-state index < -0.39 is 9.84 Å². The number of rotatable bonds is 6. The molecule has 1 heterocycles. The summed E-state index contributed by atoms with van der Waals surface area (Å²) in [6.45, 7) is 2.02. The van der Waals surface area contributed by atoms with E-state index in [2.05, 4.69) is 10.6 Å². The van der Waals surface area contributed by atoms with Gasteiger partial charge in [0.2, 0.25) is 11.8 Å². The Bertz CT molecular complexity index is 987. The third-order valence-corrected chi connectivity index (χ3v) is 6.95. The molecule has 0 atom stereocenters. The Balaban J connectivity index is 1.65. The van der Waals surface area contributed by atoms with Crippen molar-refractivity contribution in [2.45, 2.75) is 29.6 Å². The lowest BCUT2D eigenvalue weighted by Crippen LogP contribution is -2.20. The van der Waals surface area contributed by atoms with Crippen molar-refractivity contribution >= 4 is 44.8 Å². The highest BCUT2D eigenvalue weighted by Crippen LogP contribution is 2.33. The van der Waals surface area contributed by atoms with Gasteiger partial charge in [-0.25, -0.2) is 8.42 Å². The molecule has 3 rings (SSSR count). The van der Waals surface area contributed by atoms with Crippen molar-refractivity contribution < 1.29 is 18.0 Å². The van der Waals surface area contributed by atoms with E-state index in [4.69, 9.17) is 0 Å². The van der Waals surface area contributed by atoms with Crippen molar-refractivity contribution in [3.8, 4) is 0 Å². The zero-order chi connectivity index (χ0) is 19.4. The zero-order valence-electron chi connectivity index (χ0n) is 14.8. The minimum Gasteiger partial charge on any atom is -0.326 e. The van der Waals surface area contributed by atoms with Gasteiger partial charge in [0.15, 0.2) is 9.84 Å². The van der Waals surface area contributed by atoms with E-state index in [-0.39, 0.29) is 28.9 Å². The summed E-state index contributed by atoms with van der Waals surface area (Å²) in [7, 11) is -3.63. The second kappa shape index (κ2) is 8.14. The Morgan fingerprint density at radius 3 is 2.81 bits per heavy atom. The third kappa shape index (κ3) is 4.90. The molecule has 2 aromatic rings. The van der Waals surface area contributed by atoms with Crippen LogP contribution in [0.5, 0.6) is 0 Å². The number of amides is 2. The molecule has 0 spiro atoms. The quantitative estimate of drug-likeness (QED) is 0.772. The van der Waals surface area contributed by atoms with Crippen LogP contribution in [0.15, 0.2) is 52.3 Å². The lowest BCUT2D eigenvalue weighted by Gasteiger charge is -2.17. The number of nitrogens with one attached hydrogen (secondary N) is 2. The van der Waals surface area contributed by atoms with Crippen LogP contribution in [-0.2, 0) is 25.8 Å². The second-order valence-electron chi connectivity index (χ2n) is 6.17. The summed E-state index contributed by atoms with van der Waals surface area (Å²) in [5, 5.41) is 5.41. The zero-order valence-corrected chi connectivity index (χ0v) is 16.5. The van der Waals surface area contributed by atoms with Crippen LogP contribution in [0, 0.1) is 0 Å². The number of benzene rings is 2. The van der Waals surface area contributed by atoms with Crippen LogP contribution < -0.4 is 10.6 Å². The molecule has 2 N–H and O–H groups in total. The Kier molecular flexibility index (Phi) is 5.86. The van der Waals surface area contributed by atoms with Crippen molar-refractivity contribution in [1.29, 1.82) is 0 Å². The molecule has 2 aromatic carbocycles. The van der Waals surface area contributed by atoms with Gasteiger partial charge in [0.05, 0.1) is 22.1 Å². The molecular weight excluding hydrogens is 384 g/mol. The summed E-state index contributed by atoms with van der Waals surface area (Å²) in [5.74, 6) is -0.491. The number of carbonyl (C=O) groups excluding carboxylic acids is 2. The first-order valence-electron chi connectivity index (χ1n) is 8.55. The van der Waals surface area contributed by atoms with E-state index >= 15 is 0 Å². The maximum absolute atomic E-state index is 12.6. The Hall–Kier alpha value is -2.32. The van der Waals surface area contributed by atoms with Crippen LogP contribution in [-0.4, -0.2) is 31.7 Å². The van der Waals surface area contributed by atoms with E-state index in [1.54, 1.807) is 12.1 Å². The summed E-state index contributed by atoms with van der Waals surface area (Å²) < 4.78 is 25.1. The second-order valence-corrected chi connectivity index (χ2v) is 9.29. The first-order chi connectivity index (χ1) is 12.9. The van der Waals surface area contributed by atoms with Gasteiger partial charge in [0.1, 0.15) is 0 Å². The molecule has 0 aliphatic carbocycles. The monoisotopic (exact) mass is 404 g/mol. The number of fused-ring (bicyclic) bond motifs is 1. The number of aryl methyl sites for hydroxylation is 1. The molecular formula is C19H20N2O4S2. The highest BCUT2D eigenvalue weighted by molar-refractivity contribution is 8.00. The van der Waals surface area contributed by atoms with Crippen molar-refractivity contribution in [3.63, 3.8) is 0 Å². The molecule has 0 aromatic heterocycles. The van der Waals surface area contributed by atoms with Gasteiger partial charge in [-0.2, -0.15) is 0 Å². The fourth-order valence-electron chi connectivity index (χ4n) is 2.69. The number of anilines is 2. The number of hydrogen-bond acceptors (Lipinski definition) is 5. The molecule has 8 heteroatoms. The average Bonchev–Trinajstić information content (AvgIpc) is 2.66. The van der Waals surface area contributed by atoms with Crippen LogP contribution in [0.2, 0.25) is 0 Å². The molecule has 6 nitrogen and oxygen atoms in total. The van der Waals surface area contributed by atoms with Crippen LogP contribution >= 0.6 is 11.8 Å². The topological polar surface area (TPSA) is 92.3 Å². The van der Waals surface area contributed by atoms with Gasteiger partial charge in [-0.1, -0.05) is 19.1 Å². The summed E-state index contributed by atoms with van der Waals surface area (Å²) in [6.07, 6.45) is 0.710. The maximum atomic E-state index is 12.6. The Labute approximate surface area is 162 Å². The van der Waals surface area contributed by atoms with Crippen molar-refractivity contribution in [3.05, 3.63) is 48.0 Å². The summed E-state index contributed by atoms with van der Waals surface area (Å²) in [6, 6.07) is 12.1. The third-order valence-electron chi connectivity index (χ3n) is 4.16. The fourth-order valence-corrected chi connectivity index (χ4v) is 4.74. The van der Waals surface area contributed by atoms with Crippen LogP contribution in [0.1, 0.15) is 18.9 Å². The molecule has 0 fully saturated rings. The van der Waals surface area contributed by atoms with Crippen molar-refractivity contribution in [2.75, 3.05) is 22.1 Å². The predicted octanol–water partition coefficient (Wildman–Crippen LogP) is 3.10. The molecule has 27 heavy (non-hydrogen) atoms. The van der Waals surface area contributed by atoms with E-state index in [0.29, 0.717) is 17.1 Å². The molecule has 2 amide bonds. The summed E-state index contributed by atoms with van der Waals surface area (Å²) in [4.78, 5) is 24.6. The maximum Gasteiger partial charge on any atom is 0.234 e. The van der Waals surface area contributed by atoms with Crippen molar-refractivity contribution in [2.24, 2.45) is 0 Å². The standard InChI is InChI=1S/C19H20N2O4S2/c1-2-13-4-3-5-14(10-13)20-18(22)8-9-27(24,25)15-6-7-17-16(11-15)21-19(23)12-26-17/h3-7,10-11H,2,8-9,12H2,1H3,(H,20,22)(H,21,23). The first-order valence-corrected chi connectivity index (χ1v) is 11.2. The van der Waals surface area contributed by atoms with Crippen molar-refractivity contribution in [1.82, 2.24) is 0 Å². The average molecular weight is 405 g/mol. The smallest absolute Gasteiger partial charge is 0.234 e. The molecule has 0 saturated carbocycles. The summed E-state index contributed by atoms with van der Waals surface area (Å²) in [5.41, 5.74) is 2.25. The van der Waals surface area contributed by atoms with Crippen LogP contribution in [0.4, 0.5) is 11.4 Å². The van der Waals surface area contributed by atoms with Crippen LogP contribution in [0.3, 0.4) is 0 Å². The SMILES string of the molecule is CCc1cccc(NC(=O)CCS(=O)(=O)c2ccc3c(c2)NC(=O)CS3)c1. The highest BCUT2D eigenvalue weighted by Gasteiger charge is 2.21. The molecule has 0 radical (unpaired) electrons. The van der Waals surface area contributed by atoms with Gasteiger partial charge in [-0.05, 0) is 42.3 Å². The minimum absolute atomic E-state index is 0.102. The predicted molar refractivity (Wildman–Crippen MR) is 107 cm³/mol. The number of thioether (sulfide) groups is 1. The normalized spacial score (nSPS) is 13.6. The molecule has 1 aliphatic rings. The largest absolute Gasteiger partial charge is 0.326 e. The van der Waals surface area contributed by atoms with E-state index in [9.17, 15) is 18.0 Å². The van der Waals surface area contributed by atoms with E-state index in [1.165, 1.54) is 23.9 Å².